The van der Waals surface area contributed by atoms with Crippen LogP contribution in [0.4, 0.5) is 0 Å². The summed E-state index contributed by atoms with van der Waals surface area (Å²) in [5.41, 5.74) is 7.31. The number of para-hydroxylation sites is 1. The van der Waals surface area contributed by atoms with E-state index in [9.17, 15) is 0 Å². The molecule has 0 spiro atoms. The molecule has 5 aromatic rings. The van der Waals surface area contributed by atoms with E-state index in [-0.39, 0.29) is 0 Å². The van der Waals surface area contributed by atoms with Crippen LogP contribution in [0.2, 0.25) is 5.02 Å². The zero-order valence-electron chi connectivity index (χ0n) is 16.4. The Labute approximate surface area is 174 Å². The number of hydrogen-bond donors (Lipinski definition) is 0. The molecule has 0 atom stereocenters. The number of hydrogen-bond acceptors (Lipinski definition) is 2. The molecule has 0 N–H and O–H groups in total. The van der Waals surface area contributed by atoms with Crippen LogP contribution in [0.5, 0.6) is 0 Å². The fourth-order valence-electron chi connectivity index (χ4n) is 3.74. The van der Waals surface area contributed by atoms with Crippen molar-refractivity contribution in [2.75, 3.05) is 0 Å². The molecule has 3 aromatic carbocycles. The maximum Gasteiger partial charge on any atom is 0.102 e. The van der Waals surface area contributed by atoms with Crippen molar-refractivity contribution in [3.05, 3.63) is 89.1 Å². The lowest BCUT2D eigenvalue weighted by molar-refractivity contribution is 0.917. The molecule has 0 bridgehead atoms. The van der Waals surface area contributed by atoms with Gasteiger partial charge in [-0.15, -0.1) is 0 Å². The van der Waals surface area contributed by atoms with Gasteiger partial charge in [0, 0.05) is 27.6 Å². The van der Waals surface area contributed by atoms with Gasteiger partial charge in [0.15, 0.2) is 0 Å². The summed E-state index contributed by atoms with van der Waals surface area (Å²) in [6.07, 6.45) is 2.95. The van der Waals surface area contributed by atoms with Crippen LogP contribution in [-0.2, 0) is 6.42 Å². The van der Waals surface area contributed by atoms with Gasteiger partial charge in [0.2, 0.25) is 0 Å². The molecule has 2 aromatic heterocycles. The summed E-state index contributed by atoms with van der Waals surface area (Å²) >= 11 is 6.44. The van der Waals surface area contributed by atoms with Crippen LogP contribution >= 0.6 is 11.6 Å². The SMILES string of the molecule is CCc1ccc(-c2nn(-c3ccc(C)c(Cl)c3)c3c2cnc2ccccc23)cc1. The summed E-state index contributed by atoms with van der Waals surface area (Å²) in [6, 6.07) is 22.9. The Morgan fingerprint density at radius 1 is 0.931 bits per heavy atom. The van der Waals surface area contributed by atoms with E-state index in [2.05, 4.69) is 48.3 Å². The molecule has 0 aliphatic carbocycles. The Morgan fingerprint density at radius 2 is 1.72 bits per heavy atom. The Morgan fingerprint density at radius 3 is 2.48 bits per heavy atom. The van der Waals surface area contributed by atoms with E-state index in [0.717, 1.165) is 55.8 Å². The first-order valence-corrected chi connectivity index (χ1v) is 10.2. The molecule has 0 aliphatic heterocycles. The summed E-state index contributed by atoms with van der Waals surface area (Å²) in [6.45, 7) is 4.17. The molecule has 0 amide bonds. The molecule has 0 unspecified atom stereocenters. The predicted molar refractivity (Wildman–Crippen MR) is 121 cm³/mol. The third-order valence-electron chi connectivity index (χ3n) is 5.45. The standard InChI is InChI=1S/C25H20ClN3/c1-3-17-9-11-18(12-10-17)24-21-15-27-23-7-5-4-6-20(23)25(21)29(28-24)19-13-8-16(2)22(26)14-19/h4-15H,3H2,1-2H3. The van der Waals surface area contributed by atoms with Crippen molar-refractivity contribution in [2.45, 2.75) is 20.3 Å². The third-order valence-corrected chi connectivity index (χ3v) is 5.86. The normalized spacial score (nSPS) is 11.4. The van der Waals surface area contributed by atoms with Gasteiger partial charge in [-0.25, -0.2) is 4.68 Å². The molecular weight excluding hydrogens is 378 g/mol. The minimum Gasteiger partial charge on any atom is -0.255 e. The van der Waals surface area contributed by atoms with E-state index in [4.69, 9.17) is 16.7 Å². The largest absolute Gasteiger partial charge is 0.255 e. The lowest BCUT2D eigenvalue weighted by Gasteiger charge is -2.07. The third kappa shape index (κ3) is 2.99. The van der Waals surface area contributed by atoms with Crippen molar-refractivity contribution in [2.24, 2.45) is 0 Å². The molecule has 0 saturated carbocycles. The van der Waals surface area contributed by atoms with Gasteiger partial charge in [0.05, 0.1) is 16.7 Å². The quantitative estimate of drug-likeness (QED) is 0.336. The topological polar surface area (TPSA) is 30.7 Å². The average molecular weight is 398 g/mol. The van der Waals surface area contributed by atoms with Gasteiger partial charge in [-0.1, -0.05) is 67.1 Å². The molecular formula is C25H20ClN3. The van der Waals surface area contributed by atoms with Crippen molar-refractivity contribution in [1.29, 1.82) is 0 Å². The maximum absolute atomic E-state index is 6.44. The van der Waals surface area contributed by atoms with Gasteiger partial charge in [-0.05, 0) is 42.7 Å². The first-order valence-electron chi connectivity index (χ1n) is 9.78. The van der Waals surface area contributed by atoms with E-state index in [1.54, 1.807) is 0 Å². The number of benzene rings is 3. The summed E-state index contributed by atoms with van der Waals surface area (Å²) < 4.78 is 1.99. The maximum atomic E-state index is 6.44. The number of nitrogens with zero attached hydrogens (tertiary/aromatic N) is 3. The van der Waals surface area contributed by atoms with Gasteiger partial charge in [0.1, 0.15) is 5.69 Å². The first kappa shape index (κ1) is 17.9. The van der Waals surface area contributed by atoms with Crippen molar-refractivity contribution >= 4 is 33.4 Å². The zero-order chi connectivity index (χ0) is 20.0. The van der Waals surface area contributed by atoms with Crippen LogP contribution in [0, 0.1) is 6.92 Å². The highest BCUT2D eigenvalue weighted by molar-refractivity contribution is 6.31. The fraction of sp³-hybridized carbons (Fsp3) is 0.120. The highest BCUT2D eigenvalue weighted by Crippen LogP contribution is 2.34. The summed E-state index contributed by atoms with van der Waals surface area (Å²) in [5, 5.41) is 7.87. The molecule has 3 nitrogen and oxygen atoms in total. The molecule has 0 aliphatic rings. The van der Waals surface area contributed by atoms with Crippen molar-refractivity contribution < 1.29 is 0 Å². The Bertz CT molecular complexity index is 1350. The average Bonchev–Trinajstić information content (AvgIpc) is 3.16. The molecule has 29 heavy (non-hydrogen) atoms. The number of aryl methyl sites for hydroxylation is 2. The van der Waals surface area contributed by atoms with Crippen molar-refractivity contribution in [3.8, 4) is 16.9 Å². The predicted octanol–water partition coefficient (Wildman–Crippen LogP) is 6.76. The molecule has 142 valence electrons. The second-order valence-corrected chi connectivity index (χ2v) is 7.69. The highest BCUT2D eigenvalue weighted by Gasteiger charge is 2.17. The molecule has 0 saturated heterocycles. The smallest absolute Gasteiger partial charge is 0.102 e. The summed E-state index contributed by atoms with van der Waals surface area (Å²) in [4.78, 5) is 4.69. The van der Waals surface area contributed by atoms with Gasteiger partial charge < -0.3 is 0 Å². The number of fused-ring (bicyclic) bond motifs is 3. The molecule has 5 rings (SSSR count). The van der Waals surface area contributed by atoms with Crippen LogP contribution in [-0.4, -0.2) is 14.8 Å². The van der Waals surface area contributed by atoms with Crippen LogP contribution in [0.15, 0.2) is 72.9 Å². The monoisotopic (exact) mass is 397 g/mol. The highest BCUT2D eigenvalue weighted by atomic mass is 35.5. The van der Waals surface area contributed by atoms with E-state index in [1.807, 2.05) is 48.1 Å². The van der Waals surface area contributed by atoms with Crippen LogP contribution in [0.3, 0.4) is 0 Å². The molecule has 4 heteroatoms. The van der Waals surface area contributed by atoms with Gasteiger partial charge >= 0.3 is 0 Å². The Kier molecular flexibility index (Phi) is 4.33. The van der Waals surface area contributed by atoms with E-state index in [1.165, 1.54) is 5.56 Å². The van der Waals surface area contributed by atoms with E-state index < -0.39 is 0 Å². The Balaban J connectivity index is 1.85. The number of rotatable bonds is 3. The second-order valence-electron chi connectivity index (χ2n) is 7.28. The van der Waals surface area contributed by atoms with Crippen molar-refractivity contribution in [1.82, 2.24) is 14.8 Å². The molecule has 0 fully saturated rings. The molecule has 2 heterocycles. The van der Waals surface area contributed by atoms with Crippen LogP contribution < -0.4 is 0 Å². The molecule has 0 radical (unpaired) electrons. The summed E-state index contributed by atoms with van der Waals surface area (Å²) in [7, 11) is 0. The number of aromatic nitrogens is 3. The minimum absolute atomic E-state index is 0.735. The van der Waals surface area contributed by atoms with Gasteiger partial charge in [0.25, 0.3) is 0 Å². The zero-order valence-corrected chi connectivity index (χ0v) is 17.1. The van der Waals surface area contributed by atoms with E-state index >= 15 is 0 Å². The lowest BCUT2D eigenvalue weighted by atomic mass is 10.0. The Hall–Kier alpha value is -3.17. The van der Waals surface area contributed by atoms with E-state index in [0.29, 0.717) is 0 Å². The van der Waals surface area contributed by atoms with Crippen LogP contribution in [0.25, 0.3) is 38.8 Å². The fourth-order valence-corrected chi connectivity index (χ4v) is 3.92. The first-order chi connectivity index (χ1) is 14.2. The van der Waals surface area contributed by atoms with Crippen molar-refractivity contribution in [3.63, 3.8) is 0 Å². The number of pyridine rings is 1. The van der Waals surface area contributed by atoms with Crippen LogP contribution in [0.1, 0.15) is 18.1 Å². The van der Waals surface area contributed by atoms with Gasteiger partial charge in [-0.2, -0.15) is 5.10 Å². The minimum atomic E-state index is 0.735. The second kappa shape index (κ2) is 7.02. The lowest BCUT2D eigenvalue weighted by Crippen LogP contribution is -1.98. The van der Waals surface area contributed by atoms with Gasteiger partial charge in [-0.3, -0.25) is 4.98 Å². The number of halogens is 1. The summed E-state index contributed by atoms with van der Waals surface area (Å²) in [5.74, 6) is 0.